The minimum Gasteiger partial charge on any atom is -0.334 e. The summed E-state index contributed by atoms with van der Waals surface area (Å²) < 4.78 is 0. The number of carbonyl (C=O) groups excluding carboxylic acids is 2. The van der Waals surface area contributed by atoms with E-state index in [-0.39, 0.29) is 23.8 Å². The molecule has 0 spiro atoms. The van der Waals surface area contributed by atoms with Crippen molar-refractivity contribution in [3.63, 3.8) is 0 Å². The maximum Gasteiger partial charge on any atom is 0.255 e. The van der Waals surface area contributed by atoms with Gasteiger partial charge in [-0.2, -0.15) is 5.26 Å². The first-order valence-electron chi connectivity index (χ1n) is 10.9. The number of nitrogens with zero attached hydrogens (tertiary/aromatic N) is 2. The van der Waals surface area contributed by atoms with Crippen molar-refractivity contribution in [1.82, 2.24) is 4.90 Å². The number of carbonyl (C=O) groups is 2. The van der Waals surface area contributed by atoms with Crippen molar-refractivity contribution in [3.05, 3.63) is 100 Å². The topological polar surface area (TPSA) is 99.2 Å². The Bertz CT molecular complexity index is 1200. The minimum atomic E-state index is -0.306. The zero-order valence-corrected chi connectivity index (χ0v) is 20.0. The average Bonchev–Trinajstić information content (AvgIpc) is 2.85. The molecule has 174 valence electrons. The highest BCUT2D eigenvalue weighted by atomic mass is 35.5. The molecule has 0 saturated heterocycles. The Morgan fingerprint density at radius 1 is 1.03 bits per heavy atom. The molecule has 0 aromatic heterocycles. The van der Waals surface area contributed by atoms with Crippen LogP contribution in [-0.4, -0.2) is 29.8 Å². The first-order chi connectivity index (χ1) is 16.2. The molecule has 6 nitrogen and oxygen atoms in total. The summed E-state index contributed by atoms with van der Waals surface area (Å²) in [5, 5.41) is 12.3. The van der Waals surface area contributed by atoms with Gasteiger partial charge >= 0.3 is 0 Å². The van der Waals surface area contributed by atoms with Crippen LogP contribution in [0.25, 0.3) is 0 Å². The largest absolute Gasteiger partial charge is 0.334 e. The van der Waals surface area contributed by atoms with Crippen LogP contribution >= 0.6 is 11.6 Å². The van der Waals surface area contributed by atoms with Crippen LogP contribution in [0.2, 0.25) is 5.02 Å². The Balaban J connectivity index is 1.84. The second-order valence-corrected chi connectivity index (χ2v) is 9.25. The van der Waals surface area contributed by atoms with E-state index in [4.69, 9.17) is 22.6 Å². The van der Waals surface area contributed by atoms with E-state index >= 15 is 0 Å². The van der Waals surface area contributed by atoms with Gasteiger partial charge in [-0.3, -0.25) is 9.59 Å². The summed E-state index contributed by atoms with van der Waals surface area (Å²) >= 11 is 6.48. The highest BCUT2D eigenvalue weighted by Crippen LogP contribution is 2.26. The second-order valence-electron chi connectivity index (χ2n) is 8.85. The van der Waals surface area contributed by atoms with Crippen LogP contribution in [0, 0.1) is 16.7 Å². The number of nitrogens with two attached hydrogens (primary N) is 1. The number of hydrogen-bond acceptors (Lipinski definition) is 4. The monoisotopic (exact) mass is 474 g/mol. The third kappa shape index (κ3) is 6.44. The maximum absolute atomic E-state index is 13.3. The molecule has 3 N–H and O–H groups in total. The lowest BCUT2D eigenvalue weighted by Gasteiger charge is -2.32. The van der Waals surface area contributed by atoms with Crippen molar-refractivity contribution in [2.45, 2.75) is 20.4 Å². The third-order valence-electron chi connectivity index (χ3n) is 5.42. The van der Waals surface area contributed by atoms with Crippen LogP contribution in [-0.2, 0) is 6.54 Å². The molecule has 0 aliphatic rings. The molecular formula is C27H27ClN4O2. The van der Waals surface area contributed by atoms with Crippen molar-refractivity contribution in [3.8, 4) is 6.07 Å². The van der Waals surface area contributed by atoms with Crippen LogP contribution in [0.15, 0.2) is 72.8 Å². The van der Waals surface area contributed by atoms with Crippen molar-refractivity contribution >= 4 is 29.1 Å². The molecule has 7 heteroatoms. The van der Waals surface area contributed by atoms with Crippen LogP contribution < -0.4 is 11.1 Å². The van der Waals surface area contributed by atoms with Gasteiger partial charge in [0.1, 0.15) is 0 Å². The Hall–Kier alpha value is -3.66. The fraction of sp³-hybridized carbons (Fsp3) is 0.222. The SMILES string of the molecule is CC(C)(CN)CN(Cc1cc(NC(=O)c2ccc(C#N)cc2)ccc1Cl)C(=O)c1ccccc1. The first-order valence-corrected chi connectivity index (χ1v) is 11.2. The molecule has 0 bridgehead atoms. The van der Waals surface area contributed by atoms with Gasteiger partial charge in [-0.05, 0) is 72.1 Å². The van der Waals surface area contributed by atoms with Crippen LogP contribution in [0.5, 0.6) is 0 Å². The number of nitriles is 1. The summed E-state index contributed by atoms with van der Waals surface area (Å²) in [4.78, 5) is 27.7. The van der Waals surface area contributed by atoms with E-state index in [9.17, 15) is 9.59 Å². The lowest BCUT2D eigenvalue weighted by atomic mass is 9.92. The van der Waals surface area contributed by atoms with E-state index in [0.717, 1.165) is 0 Å². The van der Waals surface area contributed by atoms with E-state index in [1.807, 2.05) is 38.1 Å². The van der Waals surface area contributed by atoms with Crippen LogP contribution in [0.3, 0.4) is 0 Å². The number of halogens is 1. The lowest BCUT2D eigenvalue weighted by molar-refractivity contribution is 0.0673. The van der Waals surface area contributed by atoms with Crippen molar-refractivity contribution in [2.75, 3.05) is 18.4 Å². The predicted molar refractivity (Wildman–Crippen MR) is 135 cm³/mol. The molecule has 0 saturated carbocycles. The fourth-order valence-electron chi connectivity index (χ4n) is 3.42. The molecule has 0 heterocycles. The molecule has 0 radical (unpaired) electrons. The van der Waals surface area contributed by atoms with Crippen molar-refractivity contribution in [1.29, 1.82) is 5.26 Å². The van der Waals surface area contributed by atoms with E-state index in [1.54, 1.807) is 59.5 Å². The Kier molecular flexibility index (Phi) is 8.06. The minimum absolute atomic E-state index is 0.120. The average molecular weight is 475 g/mol. The van der Waals surface area contributed by atoms with E-state index in [1.165, 1.54) is 0 Å². The van der Waals surface area contributed by atoms with Gasteiger partial charge in [0.15, 0.2) is 0 Å². The van der Waals surface area contributed by atoms with Gasteiger partial charge in [0.2, 0.25) is 0 Å². The molecule has 0 atom stereocenters. The standard InChI is InChI=1S/C27H27ClN4O2/c1-27(2,17-30)18-32(26(34)21-6-4-3-5-7-21)16-22-14-23(12-13-24(22)28)31-25(33)20-10-8-19(15-29)9-11-20/h3-14H,16-18,30H2,1-2H3,(H,31,33). The molecule has 0 unspecified atom stereocenters. The van der Waals surface area contributed by atoms with Gasteiger partial charge in [0.05, 0.1) is 11.6 Å². The van der Waals surface area contributed by atoms with Crippen molar-refractivity contribution < 1.29 is 9.59 Å². The van der Waals surface area contributed by atoms with E-state index in [2.05, 4.69) is 5.32 Å². The fourth-order valence-corrected chi connectivity index (χ4v) is 3.60. The summed E-state index contributed by atoms with van der Waals surface area (Å²) in [7, 11) is 0. The molecule has 0 aliphatic heterocycles. The molecule has 0 fully saturated rings. The smallest absolute Gasteiger partial charge is 0.255 e. The zero-order chi connectivity index (χ0) is 24.7. The molecule has 34 heavy (non-hydrogen) atoms. The third-order valence-corrected chi connectivity index (χ3v) is 5.79. The van der Waals surface area contributed by atoms with Gasteiger partial charge in [0, 0.05) is 34.9 Å². The van der Waals surface area contributed by atoms with Gasteiger partial charge in [-0.1, -0.05) is 43.6 Å². The molecule has 0 aliphatic carbocycles. The number of hydrogen-bond donors (Lipinski definition) is 2. The highest BCUT2D eigenvalue weighted by molar-refractivity contribution is 6.31. The molecule has 2 amide bonds. The summed E-state index contributed by atoms with van der Waals surface area (Å²) in [5.41, 5.74) is 8.40. The summed E-state index contributed by atoms with van der Waals surface area (Å²) in [6.07, 6.45) is 0. The number of nitrogens with one attached hydrogen (secondary N) is 1. The van der Waals surface area contributed by atoms with E-state index in [0.29, 0.717) is 46.1 Å². The summed E-state index contributed by atoms with van der Waals surface area (Å²) in [6, 6.07) is 22.7. The number of anilines is 1. The Morgan fingerprint density at radius 2 is 1.71 bits per heavy atom. The first kappa shape index (κ1) is 25.0. The highest BCUT2D eigenvalue weighted by Gasteiger charge is 2.25. The number of amides is 2. The lowest BCUT2D eigenvalue weighted by Crippen LogP contribution is -2.41. The van der Waals surface area contributed by atoms with Gasteiger partial charge in [0.25, 0.3) is 11.8 Å². The number of benzene rings is 3. The van der Waals surface area contributed by atoms with Gasteiger partial charge in [-0.25, -0.2) is 0 Å². The molecule has 3 aromatic carbocycles. The Morgan fingerprint density at radius 3 is 2.32 bits per heavy atom. The van der Waals surface area contributed by atoms with E-state index < -0.39 is 0 Å². The van der Waals surface area contributed by atoms with Gasteiger partial charge in [-0.15, -0.1) is 0 Å². The number of rotatable bonds is 8. The zero-order valence-electron chi connectivity index (χ0n) is 19.2. The van der Waals surface area contributed by atoms with Crippen molar-refractivity contribution in [2.24, 2.45) is 11.1 Å². The normalized spacial score (nSPS) is 10.9. The quantitative estimate of drug-likeness (QED) is 0.474. The van der Waals surface area contributed by atoms with Gasteiger partial charge < -0.3 is 16.0 Å². The second kappa shape index (κ2) is 11.0. The molecule has 3 aromatic rings. The molecular weight excluding hydrogens is 448 g/mol. The van der Waals surface area contributed by atoms with Crippen LogP contribution in [0.4, 0.5) is 5.69 Å². The summed E-state index contributed by atoms with van der Waals surface area (Å²) in [5.74, 6) is -0.426. The summed E-state index contributed by atoms with van der Waals surface area (Å²) in [6.45, 7) is 5.13. The predicted octanol–water partition coefficient (Wildman–Crippen LogP) is 5.09. The maximum atomic E-state index is 13.3. The Labute approximate surface area is 204 Å². The molecule has 3 rings (SSSR count). The van der Waals surface area contributed by atoms with Crippen LogP contribution in [0.1, 0.15) is 45.7 Å².